The normalized spacial score (nSPS) is 9.85. The number of amides is 1. The van der Waals surface area contributed by atoms with Gasteiger partial charge in [-0.1, -0.05) is 35.0 Å². The zero-order chi connectivity index (χ0) is 14.5. The Hall–Kier alpha value is -2.12. The monoisotopic (exact) mass is 328 g/mol. The highest BCUT2D eigenvalue weighted by atomic mass is 79.9. The van der Waals surface area contributed by atoms with E-state index in [-0.39, 0.29) is 5.91 Å². The smallest absolute Gasteiger partial charge is 0.255 e. The molecule has 20 heavy (non-hydrogen) atoms. The Kier molecular flexibility index (Phi) is 4.54. The Morgan fingerprint density at radius 3 is 2.55 bits per heavy atom. The third-order valence-corrected chi connectivity index (χ3v) is 3.47. The summed E-state index contributed by atoms with van der Waals surface area (Å²) >= 11 is 3.33. The number of carbonyl (C=O) groups excluding carboxylic acids is 1. The van der Waals surface area contributed by atoms with Gasteiger partial charge in [-0.25, -0.2) is 0 Å². The van der Waals surface area contributed by atoms with Gasteiger partial charge in [0.05, 0.1) is 11.3 Å². The van der Waals surface area contributed by atoms with Gasteiger partial charge in [0.15, 0.2) is 0 Å². The molecule has 0 aliphatic heterocycles. The summed E-state index contributed by atoms with van der Waals surface area (Å²) in [6, 6.07) is 14.7. The van der Waals surface area contributed by atoms with E-state index >= 15 is 0 Å². The van der Waals surface area contributed by atoms with Crippen LogP contribution in [0.4, 0.5) is 5.69 Å². The summed E-state index contributed by atoms with van der Waals surface area (Å²) in [5.41, 5.74) is 2.70. The van der Waals surface area contributed by atoms with Crippen LogP contribution in [0.15, 0.2) is 46.9 Å². The molecule has 2 rings (SSSR count). The maximum atomic E-state index is 12.2. The van der Waals surface area contributed by atoms with E-state index in [1.165, 1.54) is 5.56 Å². The molecule has 2 aromatic carbocycles. The van der Waals surface area contributed by atoms with Crippen molar-refractivity contribution in [1.29, 1.82) is 5.26 Å². The zero-order valence-electron chi connectivity index (χ0n) is 11.0. The van der Waals surface area contributed by atoms with Crippen molar-refractivity contribution in [2.45, 2.75) is 13.3 Å². The van der Waals surface area contributed by atoms with E-state index in [0.717, 1.165) is 10.9 Å². The third kappa shape index (κ3) is 3.25. The molecule has 100 valence electrons. The van der Waals surface area contributed by atoms with Crippen LogP contribution >= 0.6 is 15.9 Å². The number of hydrogen-bond acceptors (Lipinski definition) is 2. The first-order chi connectivity index (χ1) is 9.63. The number of anilines is 1. The number of nitrogens with zero attached hydrogens (tertiary/aromatic N) is 1. The van der Waals surface area contributed by atoms with E-state index in [1.54, 1.807) is 30.3 Å². The molecule has 0 aliphatic rings. The molecule has 2 aromatic rings. The highest BCUT2D eigenvalue weighted by molar-refractivity contribution is 9.10. The predicted octanol–water partition coefficient (Wildman–Crippen LogP) is 4.14. The number of halogens is 1. The minimum absolute atomic E-state index is 0.220. The molecule has 3 nitrogen and oxygen atoms in total. The third-order valence-electron chi connectivity index (χ3n) is 2.97. The maximum Gasteiger partial charge on any atom is 0.255 e. The average molecular weight is 329 g/mol. The van der Waals surface area contributed by atoms with Crippen LogP contribution in [0.3, 0.4) is 0 Å². The van der Waals surface area contributed by atoms with Crippen molar-refractivity contribution < 1.29 is 4.79 Å². The Morgan fingerprint density at radius 2 is 1.95 bits per heavy atom. The molecule has 0 aliphatic carbocycles. The number of nitriles is 1. The lowest BCUT2D eigenvalue weighted by Crippen LogP contribution is -2.12. The van der Waals surface area contributed by atoms with Crippen molar-refractivity contribution in [1.82, 2.24) is 0 Å². The fourth-order valence-corrected chi connectivity index (χ4v) is 2.16. The molecule has 0 heterocycles. The van der Waals surface area contributed by atoms with Crippen LogP contribution in [0.1, 0.15) is 28.4 Å². The number of rotatable bonds is 3. The summed E-state index contributed by atoms with van der Waals surface area (Å²) in [7, 11) is 0. The fraction of sp³-hybridized carbons (Fsp3) is 0.125. The van der Waals surface area contributed by atoms with E-state index in [0.29, 0.717) is 16.8 Å². The Labute approximate surface area is 126 Å². The standard InChI is InChI=1S/C16H13BrN2O/c1-2-11-3-5-12(6-4-11)16(20)19-15-9-14(17)8-7-13(15)10-18/h3-9H,2H2,1H3,(H,19,20). The molecule has 0 saturated heterocycles. The second-order valence-corrected chi connectivity index (χ2v) is 5.22. The van der Waals surface area contributed by atoms with Crippen molar-refractivity contribution in [3.05, 3.63) is 63.6 Å². The lowest BCUT2D eigenvalue weighted by molar-refractivity contribution is 0.102. The van der Waals surface area contributed by atoms with Crippen molar-refractivity contribution in [3.8, 4) is 6.07 Å². The predicted molar refractivity (Wildman–Crippen MR) is 82.6 cm³/mol. The number of carbonyl (C=O) groups is 1. The van der Waals surface area contributed by atoms with Crippen molar-refractivity contribution >= 4 is 27.5 Å². The van der Waals surface area contributed by atoms with E-state index in [4.69, 9.17) is 5.26 Å². The van der Waals surface area contributed by atoms with Crippen LogP contribution < -0.4 is 5.32 Å². The Balaban J connectivity index is 2.23. The van der Waals surface area contributed by atoms with Gasteiger partial charge in [0.25, 0.3) is 5.91 Å². The largest absolute Gasteiger partial charge is 0.321 e. The molecule has 0 aromatic heterocycles. The molecule has 0 unspecified atom stereocenters. The molecule has 0 fully saturated rings. The van der Waals surface area contributed by atoms with Crippen LogP contribution in [0, 0.1) is 11.3 Å². The van der Waals surface area contributed by atoms with Gasteiger partial charge in [-0.3, -0.25) is 4.79 Å². The zero-order valence-corrected chi connectivity index (χ0v) is 12.6. The van der Waals surface area contributed by atoms with Crippen LogP contribution in [-0.2, 0) is 6.42 Å². The van der Waals surface area contributed by atoms with E-state index in [9.17, 15) is 4.79 Å². The van der Waals surface area contributed by atoms with Crippen molar-refractivity contribution in [2.24, 2.45) is 0 Å². The quantitative estimate of drug-likeness (QED) is 0.920. The molecule has 4 heteroatoms. The Bertz CT molecular complexity index is 672. The summed E-state index contributed by atoms with van der Waals surface area (Å²) in [5, 5.41) is 11.8. The SMILES string of the molecule is CCc1ccc(C(=O)Nc2cc(Br)ccc2C#N)cc1. The number of hydrogen-bond donors (Lipinski definition) is 1. The van der Waals surface area contributed by atoms with Gasteiger partial charge in [0.2, 0.25) is 0 Å². The molecule has 0 bridgehead atoms. The summed E-state index contributed by atoms with van der Waals surface area (Å²) in [6.07, 6.45) is 0.937. The second kappa shape index (κ2) is 6.36. The van der Waals surface area contributed by atoms with Crippen molar-refractivity contribution in [2.75, 3.05) is 5.32 Å². The highest BCUT2D eigenvalue weighted by Crippen LogP contribution is 2.21. The first-order valence-corrected chi connectivity index (χ1v) is 7.03. The van der Waals surface area contributed by atoms with E-state index in [1.807, 2.05) is 12.1 Å². The second-order valence-electron chi connectivity index (χ2n) is 4.31. The fourth-order valence-electron chi connectivity index (χ4n) is 1.80. The minimum Gasteiger partial charge on any atom is -0.321 e. The minimum atomic E-state index is -0.220. The molecular weight excluding hydrogens is 316 g/mol. The molecule has 1 N–H and O–H groups in total. The lowest BCUT2D eigenvalue weighted by Gasteiger charge is -2.08. The van der Waals surface area contributed by atoms with Gasteiger partial charge in [-0.2, -0.15) is 5.26 Å². The summed E-state index contributed by atoms with van der Waals surface area (Å²) in [5.74, 6) is -0.220. The maximum absolute atomic E-state index is 12.2. The first-order valence-electron chi connectivity index (χ1n) is 6.24. The van der Waals surface area contributed by atoms with Gasteiger partial charge in [0.1, 0.15) is 6.07 Å². The number of nitrogens with one attached hydrogen (secondary N) is 1. The average Bonchev–Trinajstić information content (AvgIpc) is 2.47. The van der Waals surface area contributed by atoms with Gasteiger partial charge in [-0.15, -0.1) is 0 Å². The first kappa shape index (κ1) is 14.3. The summed E-state index contributed by atoms with van der Waals surface area (Å²) in [4.78, 5) is 12.2. The summed E-state index contributed by atoms with van der Waals surface area (Å²) in [6.45, 7) is 2.07. The van der Waals surface area contributed by atoms with Crippen LogP contribution in [0.2, 0.25) is 0 Å². The molecule has 1 amide bonds. The van der Waals surface area contributed by atoms with Gasteiger partial charge >= 0.3 is 0 Å². The Morgan fingerprint density at radius 1 is 1.25 bits per heavy atom. The highest BCUT2D eigenvalue weighted by Gasteiger charge is 2.09. The molecular formula is C16H13BrN2O. The molecule has 0 saturated carbocycles. The molecule has 0 spiro atoms. The lowest BCUT2D eigenvalue weighted by atomic mass is 10.1. The van der Waals surface area contributed by atoms with E-state index in [2.05, 4.69) is 34.2 Å². The van der Waals surface area contributed by atoms with Gasteiger partial charge < -0.3 is 5.32 Å². The molecule has 0 atom stereocenters. The van der Waals surface area contributed by atoms with Gasteiger partial charge in [0, 0.05) is 10.0 Å². The van der Waals surface area contributed by atoms with Crippen molar-refractivity contribution in [3.63, 3.8) is 0 Å². The van der Waals surface area contributed by atoms with Crippen LogP contribution in [0.25, 0.3) is 0 Å². The summed E-state index contributed by atoms with van der Waals surface area (Å²) < 4.78 is 0.813. The number of benzene rings is 2. The van der Waals surface area contributed by atoms with Gasteiger partial charge in [-0.05, 0) is 42.3 Å². The van der Waals surface area contributed by atoms with Crippen LogP contribution in [0.5, 0.6) is 0 Å². The van der Waals surface area contributed by atoms with E-state index < -0.39 is 0 Å². The van der Waals surface area contributed by atoms with Crippen LogP contribution in [-0.4, -0.2) is 5.91 Å². The molecule has 0 radical (unpaired) electrons. The topological polar surface area (TPSA) is 52.9 Å². The number of aryl methyl sites for hydroxylation is 1.